The van der Waals surface area contributed by atoms with E-state index >= 15 is 0 Å². The van der Waals surface area contributed by atoms with Crippen LogP contribution in [0.3, 0.4) is 0 Å². The zero-order valence-corrected chi connectivity index (χ0v) is 12.6. The summed E-state index contributed by atoms with van der Waals surface area (Å²) in [5.74, 6) is -0.344. The molecule has 4 heteroatoms. The SMILES string of the molecule is CNCC(Cc1cccc(F)c1)Cc1ccc(Cl)cc1F. The lowest BCUT2D eigenvalue weighted by molar-refractivity contribution is 0.478. The lowest BCUT2D eigenvalue weighted by atomic mass is 9.92. The van der Waals surface area contributed by atoms with E-state index < -0.39 is 0 Å². The van der Waals surface area contributed by atoms with E-state index in [-0.39, 0.29) is 17.6 Å². The van der Waals surface area contributed by atoms with Crippen LogP contribution in [0.4, 0.5) is 8.78 Å². The fourth-order valence-electron chi connectivity index (χ4n) is 2.50. The summed E-state index contributed by atoms with van der Waals surface area (Å²) in [6.45, 7) is 0.735. The second-order valence-electron chi connectivity index (χ2n) is 5.20. The van der Waals surface area contributed by atoms with Gasteiger partial charge >= 0.3 is 0 Å². The summed E-state index contributed by atoms with van der Waals surface area (Å²) >= 11 is 5.77. The Morgan fingerprint density at radius 1 is 1.10 bits per heavy atom. The molecule has 0 aromatic heterocycles. The zero-order valence-electron chi connectivity index (χ0n) is 11.9. The Balaban J connectivity index is 2.11. The molecule has 0 aliphatic heterocycles. The lowest BCUT2D eigenvalue weighted by Crippen LogP contribution is -2.23. The Labute approximate surface area is 128 Å². The van der Waals surface area contributed by atoms with Gasteiger partial charge in [0.25, 0.3) is 0 Å². The molecule has 0 aliphatic carbocycles. The quantitative estimate of drug-likeness (QED) is 0.841. The van der Waals surface area contributed by atoms with E-state index in [1.165, 1.54) is 18.2 Å². The molecule has 0 heterocycles. The molecule has 21 heavy (non-hydrogen) atoms. The molecule has 1 unspecified atom stereocenters. The summed E-state index contributed by atoms with van der Waals surface area (Å²) < 4.78 is 27.1. The number of halogens is 3. The van der Waals surface area contributed by atoms with E-state index in [0.717, 1.165) is 12.1 Å². The molecule has 1 N–H and O–H groups in total. The van der Waals surface area contributed by atoms with Crippen molar-refractivity contribution in [3.63, 3.8) is 0 Å². The third-order valence-corrected chi connectivity index (χ3v) is 3.67. The van der Waals surface area contributed by atoms with Crippen molar-refractivity contribution < 1.29 is 8.78 Å². The number of hydrogen-bond donors (Lipinski definition) is 1. The number of rotatable bonds is 6. The van der Waals surface area contributed by atoms with Crippen LogP contribution in [0.2, 0.25) is 5.02 Å². The van der Waals surface area contributed by atoms with Crippen LogP contribution in [0.5, 0.6) is 0 Å². The van der Waals surface area contributed by atoms with Gasteiger partial charge in [0.15, 0.2) is 0 Å². The molecule has 0 amide bonds. The van der Waals surface area contributed by atoms with Crippen molar-refractivity contribution in [3.8, 4) is 0 Å². The fourth-order valence-corrected chi connectivity index (χ4v) is 2.66. The first-order chi connectivity index (χ1) is 10.1. The van der Waals surface area contributed by atoms with E-state index in [0.29, 0.717) is 23.4 Å². The van der Waals surface area contributed by atoms with Gasteiger partial charge in [-0.15, -0.1) is 0 Å². The van der Waals surface area contributed by atoms with Crippen molar-refractivity contribution in [1.82, 2.24) is 5.32 Å². The van der Waals surface area contributed by atoms with Crippen molar-refractivity contribution >= 4 is 11.6 Å². The fraction of sp³-hybridized carbons (Fsp3) is 0.294. The molecule has 0 saturated carbocycles. The van der Waals surface area contributed by atoms with Crippen molar-refractivity contribution in [3.05, 3.63) is 70.2 Å². The van der Waals surface area contributed by atoms with Crippen LogP contribution in [-0.4, -0.2) is 13.6 Å². The molecule has 1 atom stereocenters. The monoisotopic (exact) mass is 309 g/mol. The smallest absolute Gasteiger partial charge is 0.127 e. The molecule has 0 bridgehead atoms. The minimum absolute atomic E-state index is 0.187. The first-order valence-electron chi connectivity index (χ1n) is 6.91. The summed E-state index contributed by atoms with van der Waals surface area (Å²) in [6, 6.07) is 11.3. The van der Waals surface area contributed by atoms with E-state index in [2.05, 4.69) is 5.32 Å². The third-order valence-electron chi connectivity index (χ3n) is 3.43. The van der Waals surface area contributed by atoms with E-state index in [4.69, 9.17) is 11.6 Å². The number of hydrogen-bond acceptors (Lipinski definition) is 1. The predicted molar refractivity (Wildman–Crippen MR) is 82.6 cm³/mol. The van der Waals surface area contributed by atoms with Crippen LogP contribution >= 0.6 is 11.6 Å². The van der Waals surface area contributed by atoms with E-state index in [1.54, 1.807) is 18.2 Å². The number of benzene rings is 2. The van der Waals surface area contributed by atoms with Gasteiger partial charge in [-0.05, 0) is 67.7 Å². The summed E-state index contributed by atoms with van der Waals surface area (Å²) in [4.78, 5) is 0. The topological polar surface area (TPSA) is 12.0 Å². The second-order valence-corrected chi connectivity index (χ2v) is 5.63. The molecular formula is C17H18ClF2N. The van der Waals surface area contributed by atoms with Crippen LogP contribution in [0, 0.1) is 17.6 Å². The van der Waals surface area contributed by atoms with Gasteiger partial charge in [0.1, 0.15) is 11.6 Å². The molecule has 0 aliphatic rings. The first-order valence-corrected chi connectivity index (χ1v) is 7.29. The van der Waals surface area contributed by atoms with Crippen molar-refractivity contribution in [2.24, 2.45) is 5.92 Å². The van der Waals surface area contributed by atoms with Crippen LogP contribution < -0.4 is 5.32 Å². The molecule has 0 saturated heterocycles. The largest absolute Gasteiger partial charge is 0.319 e. The van der Waals surface area contributed by atoms with Gasteiger partial charge in [0.05, 0.1) is 0 Å². The van der Waals surface area contributed by atoms with Gasteiger partial charge in [0.2, 0.25) is 0 Å². The summed E-state index contributed by atoms with van der Waals surface area (Å²) in [5, 5.41) is 3.51. The maximum atomic E-state index is 13.9. The van der Waals surface area contributed by atoms with Gasteiger partial charge in [-0.2, -0.15) is 0 Å². The highest BCUT2D eigenvalue weighted by atomic mass is 35.5. The Hall–Kier alpha value is -1.45. The van der Waals surface area contributed by atoms with Crippen molar-refractivity contribution in [2.75, 3.05) is 13.6 Å². The standard InChI is InChI=1S/C17H18ClF2N/c1-21-11-13(7-12-3-2-4-16(19)9-12)8-14-5-6-15(18)10-17(14)20/h2-6,9-10,13,21H,7-8,11H2,1H3. The van der Waals surface area contributed by atoms with Gasteiger partial charge in [0, 0.05) is 5.02 Å². The van der Waals surface area contributed by atoms with Gasteiger partial charge in [-0.25, -0.2) is 8.78 Å². The van der Waals surface area contributed by atoms with Gasteiger partial charge < -0.3 is 5.32 Å². The van der Waals surface area contributed by atoms with Crippen molar-refractivity contribution in [1.29, 1.82) is 0 Å². The Morgan fingerprint density at radius 3 is 2.57 bits per heavy atom. The molecule has 112 valence electrons. The highest BCUT2D eigenvalue weighted by Crippen LogP contribution is 2.20. The molecular weight excluding hydrogens is 292 g/mol. The number of nitrogens with one attached hydrogen (secondary N) is 1. The Morgan fingerprint density at radius 2 is 1.90 bits per heavy atom. The average molecular weight is 310 g/mol. The van der Waals surface area contributed by atoms with Crippen LogP contribution in [0.15, 0.2) is 42.5 Å². The molecule has 0 radical (unpaired) electrons. The summed E-state index contributed by atoms with van der Waals surface area (Å²) in [6.07, 6.45) is 1.28. The maximum Gasteiger partial charge on any atom is 0.127 e. The third kappa shape index (κ3) is 4.80. The Bertz CT molecular complexity index is 601. The highest BCUT2D eigenvalue weighted by Gasteiger charge is 2.13. The average Bonchev–Trinajstić information content (AvgIpc) is 2.42. The van der Waals surface area contributed by atoms with Crippen LogP contribution in [-0.2, 0) is 12.8 Å². The minimum atomic E-state index is -0.289. The van der Waals surface area contributed by atoms with Crippen LogP contribution in [0.1, 0.15) is 11.1 Å². The molecule has 2 rings (SSSR count). The second kappa shape index (κ2) is 7.53. The molecule has 0 fully saturated rings. The summed E-state index contributed by atoms with van der Waals surface area (Å²) in [7, 11) is 1.86. The maximum absolute atomic E-state index is 13.9. The predicted octanol–water partition coefficient (Wildman–Crippen LogP) is 4.24. The zero-order chi connectivity index (χ0) is 15.2. The van der Waals surface area contributed by atoms with E-state index in [9.17, 15) is 8.78 Å². The normalized spacial score (nSPS) is 12.4. The van der Waals surface area contributed by atoms with Crippen LogP contribution in [0.25, 0.3) is 0 Å². The molecule has 0 spiro atoms. The highest BCUT2D eigenvalue weighted by molar-refractivity contribution is 6.30. The van der Waals surface area contributed by atoms with E-state index in [1.807, 2.05) is 13.1 Å². The Kier molecular flexibility index (Phi) is 5.71. The molecule has 2 aromatic carbocycles. The van der Waals surface area contributed by atoms with Gasteiger partial charge in [-0.1, -0.05) is 29.8 Å². The van der Waals surface area contributed by atoms with Gasteiger partial charge in [-0.3, -0.25) is 0 Å². The first kappa shape index (κ1) is 15.9. The molecule has 1 nitrogen and oxygen atoms in total. The lowest BCUT2D eigenvalue weighted by Gasteiger charge is -2.17. The minimum Gasteiger partial charge on any atom is -0.319 e. The molecule has 2 aromatic rings. The van der Waals surface area contributed by atoms with Crippen molar-refractivity contribution in [2.45, 2.75) is 12.8 Å². The summed E-state index contributed by atoms with van der Waals surface area (Å²) in [5.41, 5.74) is 1.56.